The second-order valence-electron chi connectivity index (χ2n) is 4.12. The number of nitrogens with two attached hydrogens (primary N) is 1. The molecule has 0 heterocycles. The predicted molar refractivity (Wildman–Crippen MR) is 81.3 cm³/mol. The fourth-order valence-electron chi connectivity index (χ4n) is 1.67. The zero-order valence-electron chi connectivity index (χ0n) is 10.3. The van der Waals surface area contributed by atoms with Crippen LogP contribution in [0.1, 0.15) is 5.56 Å². The summed E-state index contributed by atoms with van der Waals surface area (Å²) >= 11 is 11.9. The zero-order valence-corrected chi connectivity index (χ0v) is 11.8. The highest BCUT2D eigenvalue weighted by Gasteiger charge is 2.11. The van der Waals surface area contributed by atoms with E-state index in [1.807, 2.05) is 0 Å². The Balaban J connectivity index is 2.15. The second-order valence-corrected chi connectivity index (χ2v) is 4.96. The Hall–Kier alpha value is -1.98. The number of nitro benzene ring substituents is 1. The van der Waals surface area contributed by atoms with Crippen molar-refractivity contribution in [3.05, 3.63) is 62.1 Å². The van der Waals surface area contributed by atoms with E-state index in [-0.39, 0.29) is 11.4 Å². The summed E-state index contributed by atoms with van der Waals surface area (Å²) in [6, 6.07) is 9.72. The Bertz CT molecular complexity index is 662. The first-order valence-electron chi connectivity index (χ1n) is 5.69. The van der Waals surface area contributed by atoms with Gasteiger partial charge in [-0.1, -0.05) is 29.3 Å². The van der Waals surface area contributed by atoms with Gasteiger partial charge < -0.3 is 11.1 Å². The molecular formula is C13H11Cl2N3O2. The molecule has 0 atom stereocenters. The largest absolute Gasteiger partial charge is 0.393 e. The van der Waals surface area contributed by atoms with Crippen molar-refractivity contribution < 1.29 is 4.92 Å². The van der Waals surface area contributed by atoms with Crippen molar-refractivity contribution in [2.45, 2.75) is 6.54 Å². The topological polar surface area (TPSA) is 81.2 Å². The summed E-state index contributed by atoms with van der Waals surface area (Å²) in [6.45, 7) is 0.428. The molecule has 0 radical (unpaired) electrons. The van der Waals surface area contributed by atoms with Crippen LogP contribution in [0.15, 0.2) is 36.4 Å². The molecule has 5 nitrogen and oxygen atoms in total. The van der Waals surface area contributed by atoms with Gasteiger partial charge in [0.2, 0.25) is 0 Å². The molecule has 0 amide bonds. The van der Waals surface area contributed by atoms with Crippen LogP contribution in [-0.4, -0.2) is 4.92 Å². The molecule has 20 heavy (non-hydrogen) atoms. The van der Waals surface area contributed by atoms with Crippen LogP contribution >= 0.6 is 23.2 Å². The van der Waals surface area contributed by atoms with Crippen molar-refractivity contribution in [2.24, 2.45) is 0 Å². The number of anilines is 2. The summed E-state index contributed by atoms with van der Waals surface area (Å²) in [5, 5.41) is 15.0. The quantitative estimate of drug-likeness (QED) is 0.506. The van der Waals surface area contributed by atoms with Crippen LogP contribution < -0.4 is 11.1 Å². The van der Waals surface area contributed by atoms with Gasteiger partial charge in [-0.25, -0.2) is 0 Å². The molecule has 2 rings (SSSR count). The lowest BCUT2D eigenvalue weighted by Gasteiger charge is -2.09. The lowest BCUT2D eigenvalue weighted by atomic mass is 10.2. The molecule has 104 valence electrons. The smallest absolute Gasteiger partial charge is 0.294 e. The minimum Gasteiger partial charge on any atom is -0.393 e. The molecule has 0 aliphatic carbocycles. The van der Waals surface area contributed by atoms with Gasteiger partial charge in [0, 0.05) is 28.3 Å². The first-order valence-corrected chi connectivity index (χ1v) is 6.44. The van der Waals surface area contributed by atoms with Crippen LogP contribution in [0.2, 0.25) is 10.0 Å². The lowest BCUT2D eigenvalue weighted by molar-refractivity contribution is -0.383. The standard InChI is InChI=1S/C13H11Cl2N3O2/c14-9-2-1-8(11(15)5-9)7-17-10-3-4-12(16)13(6-10)18(19)20/h1-6,17H,7,16H2. The minimum atomic E-state index is -0.518. The molecule has 0 saturated heterocycles. The number of rotatable bonds is 4. The number of halogens is 2. The van der Waals surface area contributed by atoms with Crippen molar-refractivity contribution in [3.8, 4) is 0 Å². The van der Waals surface area contributed by atoms with Gasteiger partial charge in [0.25, 0.3) is 5.69 Å². The molecule has 7 heteroatoms. The van der Waals surface area contributed by atoms with Gasteiger partial charge in [0.05, 0.1) is 4.92 Å². The van der Waals surface area contributed by atoms with Crippen molar-refractivity contribution >= 4 is 40.3 Å². The van der Waals surface area contributed by atoms with Crippen molar-refractivity contribution in [1.29, 1.82) is 0 Å². The number of nitrogen functional groups attached to an aromatic ring is 1. The molecule has 0 unspecified atom stereocenters. The van der Waals surface area contributed by atoms with Gasteiger partial charge in [0.1, 0.15) is 5.69 Å². The first kappa shape index (κ1) is 14.4. The average Bonchev–Trinajstić information content (AvgIpc) is 2.39. The van der Waals surface area contributed by atoms with Crippen LogP contribution in [0, 0.1) is 10.1 Å². The van der Waals surface area contributed by atoms with Gasteiger partial charge in [-0.3, -0.25) is 10.1 Å². The monoisotopic (exact) mass is 311 g/mol. The Morgan fingerprint density at radius 1 is 1.20 bits per heavy atom. The third kappa shape index (κ3) is 3.31. The average molecular weight is 312 g/mol. The third-order valence-corrected chi connectivity index (χ3v) is 3.31. The molecule has 3 N–H and O–H groups in total. The van der Waals surface area contributed by atoms with Crippen LogP contribution in [0.4, 0.5) is 17.1 Å². The molecule has 0 aromatic heterocycles. The van der Waals surface area contributed by atoms with Gasteiger partial charge in [-0.2, -0.15) is 0 Å². The summed E-state index contributed by atoms with van der Waals surface area (Å²) in [6.07, 6.45) is 0. The molecule has 0 spiro atoms. The van der Waals surface area contributed by atoms with Crippen molar-refractivity contribution in [2.75, 3.05) is 11.1 Å². The van der Waals surface area contributed by atoms with E-state index in [2.05, 4.69) is 5.32 Å². The predicted octanol–water partition coefficient (Wildman–Crippen LogP) is 4.10. The molecule has 0 bridgehead atoms. The highest BCUT2D eigenvalue weighted by molar-refractivity contribution is 6.35. The molecule has 2 aromatic carbocycles. The van der Waals surface area contributed by atoms with E-state index in [1.165, 1.54) is 12.1 Å². The number of nitrogens with zero attached hydrogens (tertiary/aromatic N) is 1. The summed E-state index contributed by atoms with van der Waals surface area (Å²) in [5.74, 6) is 0. The molecule has 2 aromatic rings. The highest BCUT2D eigenvalue weighted by atomic mass is 35.5. The summed E-state index contributed by atoms with van der Waals surface area (Å²) in [4.78, 5) is 10.3. The van der Waals surface area contributed by atoms with Gasteiger partial charge in [-0.15, -0.1) is 0 Å². The number of hydrogen-bond donors (Lipinski definition) is 2. The number of benzene rings is 2. The van der Waals surface area contributed by atoms with Gasteiger partial charge in [0.15, 0.2) is 0 Å². The summed E-state index contributed by atoms with van der Waals surface area (Å²) in [7, 11) is 0. The van der Waals surface area contributed by atoms with E-state index in [1.54, 1.807) is 24.3 Å². The molecule has 0 aliphatic heterocycles. The van der Waals surface area contributed by atoms with E-state index in [4.69, 9.17) is 28.9 Å². The maximum absolute atomic E-state index is 10.8. The molecule has 0 aliphatic rings. The minimum absolute atomic E-state index is 0.128. The Morgan fingerprint density at radius 3 is 2.60 bits per heavy atom. The van der Waals surface area contributed by atoms with Crippen LogP contribution in [-0.2, 0) is 6.54 Å². The molecule has 0 saturated carbocycles. The van der Waals surface area contributed by atoms with Crippen LogP contribution in [0.25, 0.3) is 0 Å². The lowest BCUT2D eigenvalue weighted by Crippen LogP contribution is -2.02. The fraction of sp³-hybridized carbons (Fsp3) is 0.0769. The second kappa shape index (κ2) is 5.98. The van der Waals surface area contributed by atoms with E-state index in [9.17, 15) is 10.1 Å². The van der Waals surface area contributed by atoms with Gasteiger partial charge >= 0.3 is 0 Å². The van der Waals surface area contributed by atoms with Crippen molar-refractivity contribution in [3.63, 3.8) is 0 Å². The van der Waals surface area contributed by atoms with E-state index >= 15 is 0 Å². The molecule has 0 fully saturated rings. The molecular weight excluding hydrogens is 301 g/mol. The van der Waals surface area contributed by atoms with Crippen LogP contribution in [0.5, 0.6) is 0 Å². The Kier molecular flexibility index (Phi) is 4.32. The Labute approximate surface area is 125 Å². The van der Waals surface area contributed by atoms with E-state index in [0.29, 0.717) is 22.3 Å². The maximum atomic E-state index is 10.8. The summed E-state index contributed by atoms with van der Waals surface area (Å²) < 4.78 is 0. The number of nitro groups is 1. The van der Waals surface area contributed by atoms with Gasteiger partial charge in [-0.05, 0) is 29.8 Å². The maximum Gasteiger partial charge on any atom is 0.294 e. The summed E-state index contributed by atoms with van der Waals surface area (Å²) in [5.41, 5.74) is 6.97. The zero-order chi connectivity index (χ0) is 14.7. The third-order valence-electron chi connectivity index (χ3n) is 2.73. The highest BCUT2D eigenvalue weighted by Crippen LogP contribution is 2.26. The first-order chi connectivity index (χ1) is 9.47. The number of hydrogen-bond acceptors (Lipinski definition) is 4. The SMILES string of the molecule is Nc1ccc(NCc2ccc(Cl)cc2Cl)cc1[N+](=O)[O-]. The number of nitrogens with one attached hydrogen (secondary N) is 1. The van der Waals surface area contributed by atoms with Crippen LogP contribution in [0.3, 0.4) is 0 Å². The van der Waals surface area contributed by atoms with E-state index in [0.717, 1.165) is 5.56 Å². The normalized spacial score (nSPS) is 10.3. The van der Waals surface area contributed by atoms with Crippen molar-refractivity contribution in [1.82, 2.24) is 0 Å². The Morgan fingerprint density at radius 2 is 1.95 bits per heavy atom. The fourth-order valence-corrected chi connectivity index (χ4v) is 2.15. The van der Waals surface area contributed by atoms with E-state index < -0.39 is 4.92 Å².